The van der Waals surface area contributed by atoms with E-state index in [1.54, 1.807) is 7.11 Å². The number of aromatic nitrogens is 3. The number of carbonyl (C=O) groups is 1. The zero-order valence-electron chi connectivity index (χ0n) is 16.2. The van der Waals surface area contributed by atoms with Gasteiger partial charge in [0.05, 0.1) is 12.9 Å². The standard InChI is InChI=1S/C21H23N5O2S/c1-28-17-10-8-15(9-11-17)13-19-23-24-21(26(19)22)29-14-20(27)25-12-4-6-16-5-2-3-7-18(16)25/h2-3,5,7-11H,4,6,12-14,22H2,1H3. The number of anilines is 1. The van der Waals surface area contributed by atoms with Crippen molar-refractivity contribution in [1.29, 1.82) is 0 Å². The van der Waals surface area contributed by atoms with Crippen molar-refractivity contribution < 1.29 is 9.53 Å². The van der Waals surface area contributed by atoms with Crippen molar-refractivity contribution in [3.05, 3.63) is 65.5 Å². The Morgan fingerprint density at radius 3 is 2.76 bits per heavy atom. The average molecular weight is 410 g/mol. The number of nitrogens with zero attached hydrogens (tertiary/aromatic N) is 4. The fourth-order valence-corrected chi connectivity index (χ4v) is 4.20. The van der Waals surface area contributed by atoms with Crippen molar-refractivity contribution in [2.45, 2.75) is 24.4 Å². The summed E-state index contributed by atoms with van der Waals surface area (Å²) >= 11 is 1.31. The van der Waals surface area contributed by atoms with Crippen molar-refractivity contribution in [3.8, 4) is 5.75 Å². The lowest BCUT2D eigenvalue weighted by atomic mass is 10.0. The van der Waals surface area contributed by atoms with Gasteiger partial charge in [-0.05, 0) is 42.2 Å². The summed E-state index contributed by atoms with van der Waals surface area (Å²) in [5, 5.41) is 8.89. The molecule has 0 fully saturated rings. The number of amides is 1. The van der Waals surface area contributed by atoms with Gasteiger partial charge in [-0.1, -0.05) is 42.1 Å². The van der Waals surface area contributed by atoms with Gasteiger partial charge in [0.2, 0.25) is 11.1 Å². The number of rotatable bonds is 6. The second-order valence-electron chi connectivity index (χ2n) is 6.86. The molecule has 0 saturated carbocycles. The molecule has 1 aliphatic heterocycles. The maximum Gasteiger partial charge on any atom is 0.237 e. The molecular formula is C21H23N5O2S. The monoisotopic (exact) mass is 409 g/mol. The largest absolute Gasteiger partial charge is 0.497 e. The van der Waals surface area contributed by atoms with Crippen molar-refractivity contribution >= 4 is 23.4 Å². The first-order chi connectivity index (χ1) is 14.2. The maximum absolute atomic E-state index is 12.8. The predicted octanol–water partition coefficient (Wildman–Crippen LogP) is 2.66. The minimum absolute atomic E-state index is 0.0573. The number of hydrogen-bond acceptors (Lipinski definition) is 6. The van der Waals surface area contributed by atoms with E-state index in [-0.39, 0.29) is 11.7 Å². The van der Waals surface area contributed by atoms with Crippen LogP contribution in [0.2, 0.25) is 0 Å². The quantitative estimate of drug-likeness (QED) is 0.498. The van der Waals surface area contributed by atoms with Crippen LogP contribution in [-0.4, -0.2) is 40.2 Å². The Morgan fingerprint density at radius 1 is 1.17 bits per heavy atom. The zero-order chi connectivity index (χ0) is 20.2. The molecule has 0 bridgehead atoms. The smallest absolute Gasteiger partial charge is 0.237 e. The average Bonchev–Trinajstić information content (AvgIpc) is 3.11. The molecule has 0 saturated heterocycles. The van der Waals surface area contributed by atoms with Gasteiger partial charge < -0.3 is 15.5 Å². The summed E-state index contributed by atoms with van der Waals surface area (Å²) in [6.45, 7) is 0.744. The molecule has 8 heteroatoms. The molecule has 0 aliphatic carbocycles. The van der Waals surface area contributed by atoms with E-state index in [1.165, 1.54) is 22.0 Å². The molecule has 2 heterocycles. The van der Waals surface area contributed by atoms with Crippen LogP contribution in [0.4, 0.5) is 5.69 Å². The highest BCUT2D eigenvalue weighted by Crippen LogP contribution is 2.28. The van der Waals surface area contributed by atoms with Crippen molar-refractivity contribution in [2.75, 3.05) is 30.1 Å². The third-order valence-corrected chi connectivity index (χ3v) is 5.92. The predicted molar refractivity (Wildman–Crippen MR) is 114 cm³/mol. The summed E-state index contributed by atoms with van der Waals surface area (Å²) < 4.78 is 6.64. The Hall–Kier alpha value is -3.00. The number of nitrogens with two attached hydrogens (primary N) is 1. The first-order valence-corrected chi connectivity index (χ1v) is 10.5. The third kappa shape index (κ3) is 4.22. The van der Waals surface area contributed by atoms with Crippen LogP contribution in [0.15, 0.2) is 53.7 Å². The normalized spacial score (nSPS) is 13.2. The van der Waals surface area contributed by atoms with E-state index < -0.39 is 0 Å². The number of ether oxygens (including phenoxy) is 1. The molecule has 2 aromatic carbocycles. The SMILES string of the molecule is COc1ccc(Cc2nnc(SCC(=O)N3CCCc4ccccc43)n2N)cc1. The van der Waals surface area contributed by atoms with E-state index in [1.807, 2.05) is 47.4 Å². The lowest BCUT2D eigenvalue weighted by molar-refractivity contribution is -0.116. The second kappa shape index (κ2) is 8.57. The molecule has 29 heavy (non-hydrogen) atoms. The first kappa shape index (κ1) is 19.3. The summed E-state index contributed by atoms with van der Waals surface area (Å²) in [6, 6.07) is 15.8. The van der Waals surface area contributed by atoms with Crippen molar-refractivity contribution in [1.82, 2.24) is 14.9 Å². The van der Waals surface area contributed by atoms with Crippen molar-refractivity contribution in [3.63, 3.8) is 0 Å². The van der Waals surface area contributed by atoms with E-state index >= 15 is 0 Å². The minimum Gasteiger partial charge on any atom is -0.497 e. The molecule has 2 N–H and O–H groups in total. The van der Waals surface area contributed by atoms with E-state index in [0.717, 1.165) is 36.4 Å². The van der Waals surface area contributed by atoms with Gasteiger partial charge >= 0.3 is 0 Å². The molecule has 7 nitrogen and oxygen atoms in total. The fraction of sp³-hybridized carbons (Fsp3) is 0.286. The zero-order valence-corrected chi connectivity index (χ0v) is 17.1. The molecule has 0 radical (unpaired) electrons. The number of hydrogen-bond donors (Lipinski definition) is 1. The number of aryl methyl sites for hydroxylation is 1. The van der Waals surface area contributed by atoms with Crippen LogP contribution in [0, 0.1) is 0 Å². The van der Waals surface area contributed by atoms with Crippen molar-refractivity contribution in [2.24, 2.45) is 0 Å². The molecular weight excluding hydrogens is 386 g/mol. The Bertz CT molecular complexity index is 1000. The summed E-state index contributed by atoms with van der Waals surface area (Å²) in [7, 11) is 1.64. The Morgan fingerprint density at radius 2 is 1.97 bits per heavy atom. The number of nitrogen functional groups attached to an aromatic ring is 1. The van der Waals surface area contributed by atoms with Gasteiger partial charge in [-0.3, -0.25) is 4.79 Å². The summed E-state index contributed by atoms with van der Waals surface area (Å²) in [5.41, 5.74) is 3.29. The molecule has 1 amide bonds. The van der Waals surface area contributed by atoms with Crippen LogP contribution in [0.5, 0.6) is 5.75 Å². The molecule has 4 rings (SSSR count). The fourth-order valence-electron chi connectivity index (χ4n) is 3.45. The topological polar surface area (TPSA) is 86.3 Å². The molecule has 150 valence electrons. The molecule has 1 aromatic heterocycles. The number of para-hydroxylation sites is 1. The summed E-state index contributed by atoms with van der Waals surface area (Å²) in [4.78, 5) is 14.7. The number of methoxy groups -OCH3 is 1. The minimum atomic E-state index is 0.0573. The van der Waals surface area contributed by atoms with Gasteiger partial charge in [-0.2, -0.15) is 0 Å². The van der Waals surface area contributed by atoms with Gasteiger partial charge in [0, 0.05) is 18.7 Å². The molecule has 0 atom stereocenters. The lowest BCUT2D eigenvalue weighted by Gasteiger charge is -2.29. The molecule has 0 spiro atoms. The number of benzene rings is 2. The van der Waals surface area contributed by atoms with Crippen LogP contribution in [0.3, 0.4) is 0 Å². The second-order valence-corrected chi connectivity index (χ2v) is 7.80. The van der Waals surface area contributed by atoms with E-state index in [2.05, 4.69) is 16.3 Å². The molecule has 1 aliphatic rings. The van der Waals surface area contributed by atoms with Gasteiger partial charge in [-0.25, -0.2) is 4.68 Å². The number of carbonyl (C=O) groups excluding carboxylic acids is 1. The van der Waals surface area contributed by atoms with Crippen LogP contribution < -0.4 is 15.5 Å². The summed E-state index contributed by atoms with van der Waals surface area (Å²) in [5.74, 6) is 7.95. The maximum atomic E-state index is 12.8. The van der Waals surface area contributed by atoms with Gasteiger partial charge in [0.25, 0.3) is 0 Å². The Labute approximate surface area is 173 Å². The molecule has 3 aromatic rings. The van der Waals surface area contributed by atoms with E-state index in [9.17, 15) is 4.79 Å². The molecule has 0 unspecified atom stereocenters. The number of fused-ring (bicyclic) bond motifs is 1. The highest BCUT2D eigenvalue weighted by atomic mass is 32.2. The first-order valence-electron chi connectivity index (χ1n) is 9.49. The Kier molecular flexibility index (Phi) is 5.71. The number of thioether (sulfide) groups is 1. The van der Waals surface area contributed by atoms with Gasteiger partial charge in [0.15, 0.2) is 5.82 Å². The van der Waals surface area contributed by atoms with Crippen LogP contribution in [0.1, 0.15) is 23.4 Å². The van der Waals surface area contributed by atoms with E-state index in [4.69, 9.17) is 10.6 Å². The lowest BCUT2D eigenvalue weighted by Crippen LogP contribution is -2.36. The Balaban J connectivity index is 1.40. The highest BCUT2D eigenvalue weighted by molar-refractivity contribution is 7.99. The van der Waals surface area contributed by atoms with Gasteiger partial charge in [0.1, 0.15) is 5.75 Å². The van der Waals surface area contributed by atoms with Crippen LogP contribution in [0.25, 0.3) is 0 Å². The highest BCUT2D eigenvalue weighted by Gasteiger charge is 2.23. The van der Waals surface area contributed by atoms with E-state index in [0.29, 0.717) is 17.4 Å². The third-order valence-electron chi connectivity index (χ3n) is 4.99. The van der Waals surface area contributed by atoms with Gasteiger partial charge in [-0.15, -0.1) is 10.2 Å². The van der Waals surface area contributed by atoms with Crippen LogP contribution >= 0.6 is 11.8 Å². The van der Waals surface area contributed by atoms with Crippen LogP contribution in [-0.2, 0) is 17.6 Å². The summed E-state index contributed by atoms with van der Waals surface area (Å²) in [6.07, 6.45) is 2.55.